The van der Waals surface area contributed by atoms with Crippen molar-refractivity contribution in [3.05, 3.63) is 188 Å². The number of hydrogen-bond acceptors (Lipinski definition) is 8. The van der Waals surface area contributed by atoms with Gasteiger partial charge in [-0.3, -0.25) is 28.3 Å². The number of alkyl halides is 3. The van der Waals surface area contributed by atoms with E-state index in [0.717, 1.165) is 50.3 Å². The van der Waals surface area contributed by atoms with E-state index in [0.29, 0.717) is 72.4 Å². The SMILES string of the molecule is COc1ccc2c(c1)c(CC1=NN(c3cccc(C(F)(F)F)c3)C(=O)C1)c(C)n2C(=O)c1ccc(Cl)cc1.COc1ccc2c(c1)c(CC1=NN(c3cccc(Cl)c3)C(=O)C1)c(C)n2C(=O)c1ccc(Cl)cc1. The van der Waals surface area contributed by atoms with Crippen LogP contribution >= 0.6 is 34.8 Å². The van der Waals surface area contributed by atoms with Crippen molar-refractivity contribution < 1.29 is 41.8 Å². The summed E-state index contributed by atoms with van der Waals surface area (Å²) in [6.45, 7) is 3.71. The molecule has 0 aliphatic carbocycles. The van der Waals surface area contributed by atoms with E-state index in [4.69, 9.17) is 44.3 Å². The van der Waals surface area contributed by atoms with Gasteiger partial charge in [-0.25, -0.2) is 10.0 Å². The first-order valence-electron chi connectivity index (χ1n) is 22.6. The molecule has 0 saturated heterocycles. The fraction of sp³-hybridized carbons (Fsp3) is 0.164. The summed E-state index contributed by atoms with van der Waals surface area (Å²) in [6, 6.07) is 35.9. The first kappa shape index (κ1) is 50.2. The maximum atomic E-state index is 13.5. The zero-order valence-electron chi connectivity index (χ0n) is 39.4. The highest BCUT2D eigenvalue weighted by Crippen LogP contribution is 2.36. The van der Waals surface area contributed by atoms with Gasteiger partial charge in [0.05, 0.1) is 66.5 Å². The minimum Gasteiger partial charge on any atom is -0.497 e. The van der Waals surface area contributed by atoms with Crippen LogP contribution in [0.15, 0.2) is 144 Å². The molecule has 73 heavy (non-hydrogen) atoms. The molecular weight excluding hydrogens is 1000 g/mol. The second-order valence-corrected chi connectivity index (χ2v) is 18.5. The van der Waals surface area contributed by atoms with Gasteiger partial charge in [-0.05, 0) is 146 Å². The largest absolute Gasteiger partial charge is 0.497 e. The first-order chi connectivity index (χ1) is 34.9. The maximum absolute atomic E-state index is 13.5. The number of aromatic nitrogens is 2. The summed E-state index contributed by atoms with van der Waals surface area (Å²) >= 11 is 18.1. The molecule has 4 heterocycles. The molecule has 0 bridgehead atoms. The summed E-state index contributed by atoms with van der Waals surface area (Å²) in [6.07, 6.45) is -3.78. The number of carbonyl (C=O) groups is 4. The molecule has 2 amide bonds. The van der Waals surface area contributed by atoms with Crippen molar-refractivity contribution in [2.75, 3.05) is 24.2 Å². The number of carbonyl (C=O) groups excluding carboxylic acids is 4. The van der Waals surface area contributed by atoms with Crippen LogP contribution in [-0.2, 0) is 28.6 Å². The van der Waals surface area contributed by atoms with Crippen molar-refractivity contribution in [2.45, 2.75) is 45.7 Å². The van der Waals surface area contributed by atoms with Gasteiger partial charge < -0.3 is 9.47 Å². The van der Waals surface area contributed by atoms with Gasteiger partial charge >= 0.3 is 6.18 Å². The highest BCUT2D eigenvalue weighted by molar-refractivity contribution is 6.31. The van der Waals surface area contributed by atoms with Gasteiger partial charge in [0.1, 0.15) is 11.5 Å². The van der Waals surface area contributed by atoms with Gasteiger partial charge in [0.25, 0.3) is 23.6 Å². The molecule has 18 heteroatoms. The second-order valence-electron chi connectivity index (χ2n) is 17.2. The third kappa shape index (κ3) is 10.2. The third-order valence-corrected chi connectivity index (χ3v) is 13.3. The lowest BCUT2D eigenvalue weighted by Crippen LogP contribution is -2.20. The molecule has 2 aliphatic rings. The predicted molar refractivity (Wildman–Crippen MR) is 278 cm³/mol. The molecule has 0 fully saturated rings. The number of methoxy groups -OCH3 is 2. The lowest BCUT2D eigenvalue weighted by Gasteiger charge is -2.14. The topological polar surface area (TPSA) is 128 Å². The molecule has 2 aliphatic heterocycles. The number of hydrogen-bond donors (Lipinski definition) is 0. The molecule has 0 saturated carbocycles. The van der Waals surface area contributed by atoms with Crippen molar-refractivity contribution in [1.29, 1.82) is 0 Å². The summed E-state index contributed by atoms with van der Waals surface area (Å²) in [4.78, 5) is 52.5. The minimum atomic E-state index is -4.54. The molecular formula is C55H42Cl3F3N6O6. The van der Waals surface area contributed by atoms with Gasteiger partial charge in [0.15, 0.2) is 0 Å². The van der Waals surface area contributed by atoms with Crippen LogP contribution in [0.5, 0.6) is 11.5 Å². The van der Waals surface area contributed by atoms with E-state index in [1.54, 1.807) is 108 Å². The minimum absolute atomic E-state index is 0.0403. The van der Waals surface area contributed by atoms with E-state index in [1.807, 2.05) is 31.2 Å². The van der Waals surface area contributed by atoms with Crippen LogP contribution in [0.1, 0.15) is 61.6 Å². The van der Waals surface area contributed by atoms with Gasteiger partial charge in [0, 0.05) is 61.2 Å². The molecule has 2 aromatic heterocycles. The standard InChI is InChI=1S/C28H21ClF3N3O3.C27H21Cl2N3O3/c1-16-23(13-20-14-26(36)35(33-20)21-5-3-4-18(12-21)28(30,31)32)24-15-22(38-2)10-11-25(24)34(16)27(37)17-6-8-19(29)9-7-17;1-16-23(13-20-14-26(33)32(30-20)21-5-3-4-19(29)12-21)24-15-22(35-2)10-11-25(24)31(16)27(34)17-6-8-18(28)9-7-17/h3-12,15H,13-14H2,1-2H3;3-12,15H,13-14H2,1-2H3. The number of anilines is 2. The summed E-state index contributed by atoms with van der Waals surface area (Å²) in [5.74, 6) is 0.292. The lowest BCUT2D eigenvalue weighted by atomic mass is 10.0. The average Bonchev–Trinajstić information content (AvgIpc) is 4.10. The number of ether oxygens (including phenoxy) is 2. The maximum Gasteiger partial charge on any atom is 0.416 e. The molecule has 370 valence electrons. The Morgan fingerprint density at radius 1 is 0.562 bits per heavy atom. The lowest BCUT2D eigenvalue weighted by molar-refractivity contribution is -0.137. The zero-order valence-corrected chi connectivity index (χ0v) is 41.7. The highest BCUT2D eigenvalue weighted by Gasteiger charge is 2.34. The molecule has 0 N–H and O–H groups in total. The number of benzene rings is 6. The number of fused-ring (bicyclic) bond motifs is 2. The zero-order chi connectivity index (χ0) is 51.9. The Morgan fingerprint density at radius 3 is 1.40 bits per heavy atom. The van der Waals surface area contributed by atoms with Crippen LogP contribution in [0, 0.1) is 13.8 Å². The average molecular weight is 1050 g/mol. The Labute approximate surface area is 431 Å². The number of hydrazone groups is 2. The summed E-state index contributed by atoms with van der Waals surface area (Å²) in [7, 11) is 3.14. The summed E-state index contributed by atoms with van der Waals surface area (Å²) in [5.41, 5.74) is 6.47. The fourth-order valence-corrected chi connectivity index (χ4v) is 9.42. The van der Waals surface area contributed by atoms with Crippen LogP contribution in [-0.4, -0.2) is 58.4 Å². The van der Waals surface area contributed by atoms with Crippen LogP contribution in [0.25, 0.3) is 21.8 Å². The van der Waals surface area contributed by atoms with Gasteiger partial charge in [-0.15, -0.1) is 0 Å². The Bertz CT molecular complexity index is 3590. The number of rotatable bonds is 10. The van der Waals surface area contributed by atoms with Crippen molar-refractivity contribution in [1.82, 2.24) is 9.13 Å². The summed E-state index contributed by atoms with van der Waals surface area (Å²) < 4.78 is 53.7. The number of halogens is 6. The third-order valence-electron chi connectivity index (χ3n) is 12.6. The summed E-state index contributed by atoms with van der Waals surface area (Å²) in [5, 5.41) is 14.6. The van der Waals surface area contributed by atoms with E-state index in [-0.39, 0.29) is 42.7 Å². The van der Waals surface area contributed by atoms with E-state index >= 15 is 0 Å². The van der Waals surface area contributed by atoms with E-state index in [2.05, 4.69) is 10.2 Å². The Kier molecular flexibility index (Phi) is 14.0. The smallest absolute Gasteiger partial charge is 0.416 e. The Hall–Kier alpha value is -7.72. The van der Waals surface area contributed by atoms with Crippen molar-refractivity contribution >= 4 is 103 Å². The Balaban J connectivity index is 0.000000180. The molecule has 0 spiro atoms. The first-order valence-corrected chi connectivity index (χ1v) is 23.7. The fourth-order valence-electron chi connectivity index (χ4n) is 8.98. The quantitative estimate of drug-likeness (QED) is 0.134. The molecule has 12 nitrogen and oxygen atoms in total. The van der Waals surface area contributed by atoms with Gasteiger partial charge in [-0.1, -0.05) is 46.9 Å². The molecule has 6 aromatic carbocycles. The van der Waals surface area contributed by atoms with Gasteiger partial charge in [0.2, 0.25) is 0 Å². The number of nitrogens with zero attached hydrogens (tertiary/aromatic N) is 6. The molecule has 0 radical (unpaired) electrons. The van der Waals surface area contributed by atoms with Crippen molar-refractivity contribution in [3.63, 3.8) is 0 Å². The molecule has 8 aromatic rings. The molecule has 0 atom stereocenters. The van der Waals surface area contributed by atoms with E-state index in [1.165, 1.54) is 24.3 Å². The van der Waals surface area contributed by atoms with Crippen LogP contribution in [0.4, 0.5) is 24.5 Å². The van der Waals surface area contributed by atoms with Crippen molar-refractivity contribution in [2.24, 2.45) is 10.2 Å². The molecule has 0 unspecified atom stereocenters. The van der Waals surface area contributed by atoms with Gasteiger partial charge in [-0.2, -0.15) is 23.4 Å². The highest BCUT2D eigenvalue weighted by atomic mass is 35.5. The number of amides is 2. The second kappa shape index (κ2) is 20.4. The van der Waals surface area contributed by atoms with Crippen molar-refractivity contribution in [3.8, 4) is 11.5 Å². The molecule has 10 rings (SSSR count). The Morgan fingerprint density at radius 2 is 0.986 bits per heavy atom. The predicted octanol–water partition coefficient (Wildman–Crippen LogP) is 12.9. The van der Waals surface area contributed by atoms with Crippen LogP contribution in [0.2, 0.25) is 15.1 Å². The van der Waals surface area contributed by atoms with E-state index in [9.17, 15) is 32.3 Å². The van der Waals surface area contributed by atoms with E-state index < -0.39 is 17.6 Å². The van der Waals surface area contributed by atoms with Crippen LogP contribution < -0.4 is 19.5 Å². The normalized spacial score (nSPS) is 13.6. The van der Waals surface area contributed by atoms with Crippen LogP contribution in [0.3, 0.4) is 0 Å². The monoisotopic (exact) mass is 1040 g/mol.